The highest BCUT2D eigenvalue weighted by Gasteiger charge is 2.06. The van der Waals surface area contributed by atoms with Gasteiger partial charge in [-0.05, 0) is 68.2 Å². The summed E-state index contributed by atoms with van der Waals surface area (Å²) < 4.78 is 1.21. The van der Waals surface area contributed by atoms with Crippen LogP contribution in [0.1, 0.15) is 5.56 Å². The molecule has 110 valence electrons. The van der Waals surface area contributed by atoms with Crippen LogP contribution in [0.3, 0.4) is 0 Å². The molecule has 0 aliphatic carbocycles. The van der Waals surface area contributed by atoms with Crippen LogP contribution in [0.5, 0.6) is 5.75 Å². The molecule has 0 saturated carbocycles. The van der Waals surface area contributed by atoms with Gasteiger partial charge in [0, 0.05) is 12.2 Å². The second-order valence-corrected chi connectivity index (χ2v) is 6.52. The Kier molecular flexibility index (Phi) is 6.02. The van der Waals surface area contributed by atoms with E-state index in [4.69, 9.17) is 12.2 Å². The Balaban J connectivity index is 1.85. The van der Waals surface area contributed by atoms with Crippen molar-refractivity contribution in [3.63, 3.8) is 0 Å². The molecular formula is C15H14Br2N2OS. The molecule has 21 heavy (non-hydrogen) atoms. The molecule has 2 aromatic rings. The Labute approximate surface area is 146 Å². The minimum atomic E-state index is 0.170. The standard InChI is InChI=1S/C15H14Br2N2OS/c16-12-8-11(9-13(17)14(12)20)19-15(21)18-7-6-10-4-2-1-3-5-10/h1-5,8-9,20H,6-7H2,(H2,18,19,21). The Bertz CT molecular complexity index is 612. The van der Waals surface area contributed by atoms with Gasteiger partial charge in [-0.15, -0.1) is 0 Å². The number of hydrogen-bond acceptors (Lipinski definition) is 2. The Morgan fingerprint density at radius 1 is 1.10 bits per heavy atom. The molecule has 3 N–H and O–H groups in total. The normalized spacial score (nSPS) is 10.2. The van der Waals surface area contributed by atoms with Gasteiger partial charge in [0.1, 0.15) is 5.75 Å². The van der Waals surface area contributed by atoms with Gasteiger partial charge in [0.2, 0.25) is 0 Å². The van der Waals surface area contributed by atoms with Crippen molar-refractivity contribution in [3.05, 3.63) is 57.0 Å². The summed E-state index contributed by atoms with van der Waals surface area (Å²) in [7, 11) is 0. The van der Waals surface area contributed by atoms with Crippen LogP contribution in [-0.4, -0.2) is 16.8 Å². The minimum absolute atomic E-state index is 0.170. The molecule has 2 rings (SSSR count). The van der Waals surface area contributed by atoms with Crippen molar-refractivity contribution in [2.24, 2.45) is 0 Å². The summed E-state index contributed by atoms with van der Waals surface area (Å²) in [5, 5.41) is 16.5. The zero-order chi connectivity index (χ0) is 15.2. The summed E-state index contributed by atoms with van der Waals surface area (Å²) in [6.07, 6.45) is 0.908. The van der Waals surface area contributed by atoms with Crippen molar-refractivity contribution in [3.8, 4) is 5.75 Å². The zero-order valence-electron chi connectivity index (χ0n) is 11.1. The lowest BCUT2D eigenvalue weighted by molar-refractivity contribution is 0.468. The third-order valence-electron chi connectivity index (χ3n) is 2.82. The topological polar surface area (TPSA) is 44.3 Å². The first-order valence-electron chi connectivity index (χ1n) is 6.33. The van der Waals surface area contributed by atoms with E-state index in [2.05, 4.69) is 54.6 Å². The smallest absolute Gasteiger partial charge is 0.170 e. The average Bonchev–Trinajstić information content (AvgIpc) is 2.46. The van der Waals surface area contributed by atoms with E-state index >= 15 is 0 Å². The van der Waals surface area contributed by atoms with Crippen LogP contribution < -0.4 is 10.6 Å². The lowest BCUT2D eigenvalue weighted by Gasteiger charge is -2.12. The minimum Gasteiger partial charge on any atom is -0.506 e. The van der Waals surface area contributed by atoms with E-state index in [0.717, 1.165) is 18.7 Å². The summed E-state index contributed by atoms with van der Waals surface area (Å²) in [6, 6.07) is 13.8. The molecule has 0 atom stereocenters. The van der Waals surface area contributed by atoms with Crippen LogP contribution in [0.2, 0.25) is 0 Å². The van der Waals surface area contributed by atoms with Gasteiger partial charge in [0.25, 0.3) is 0 Å². The van der Waals surface area contributed by atoms with Gasteiger partial charge in [-0.1, -0.05) is 30.3 Å². The van der Waals surface area contributed by atoms with E-state index in [1.807, 2.05) is 18.2 Å². The molecule has 0 aliphatic rings. The average molecular weight is 430 g/mol. The number of phenols is 1. The predicted molar refractivity (Wildman–Crippen MR) is 97.9 cm³/mol. The molecule has 6 heteroatoms. The lowest BCUT2D eigenvalue weighted by Crippen LogP contribution is -2.30. The van der Waals surface area contributed by atoms with Crippen LogP contribution in [0, 0.1) is 0 Å². The molecule has 0 radical (unpaired) electrons. The molecule has 0 heterocycles. The van der Waals surface area contributed by atoms with Crippen molar-refractivity contribution < 1.29 is 5.11 Å². The molecule has 0 amide bonds. The van der Waals surface area contributed by atoms with E-state index in [1.54, 1.807) is 12.1 Å². The number of benzene rings is 2. The summed E-state index contributed by atoms with van der Waals surface area (Å²) >= 11 is 11.8. The fourth-order valence-corrected chi connectivity index (χ4v) is 3.18. The zero-order valence-corrected chi connectivity index (χ0v) is 15.1. The summed E-state index contributed by atoms with van der Waals surface area (Å²) in [5.74, 6) is 0.170. The number of nitrogens with one attached hydrogen (secondary N) is 2. The van der Waals surface area contributed by atoms with Crippen LogP contribution in [0.15, 0.2) is 51.4 Å². The van der Waals surface area contributed by atoms with Crippen molar-refractivity contribution in [2.45, 2.75) is 6.42 Å². The molecule has 0 aliphatic heterocycles. The second kappa shape index (κ2) is 7.77. The summed E-state index contributed by atoms with van der Waals surface area (Å²) in [6.45, 7) is 0.760. The van der Waals surface area contributed by atoms with Crippen LogP contribution in [0.4, 0.5) is 5.69 Å². The lowest BCUT2D eigenvalue weighted by atomic mass is 10.1. The van der Waals surface area contributed by atoms with Crippen LogP contribution >= 0.6 is 44.1 Å². The highest BCUT2D eigenvalue weighted by Crippen LogP contribution is 2.35. The number of rotatable bonds is 4. The maximum absolute atomic E-state index is 9.66. The molecule has 0 saturated heterocycles. The number of hydrogen-bond donors (Lipinski definition) is 3. The molecule has 3 nitrogen and oxygen atoms in total. The van der Waals surface area contributed by atoms with Crippen LogP contribution in [-0.2, 0) is 6.42 Å². The third kappa shape index (κ3) is 4.98. The summed E-state index contributed by atoms with van der Waals surface area (Å²) in [5.41, 5.74) is 2.06. The fraction of sp³-hybridized carbons (Fsp3) is 0.133. The van der Waals surface area contributed by atoms with E-state index in [9.17, 15) is 5.11 Å². The molecule has 0 unspecified atom stereocenters. The Morgan fingerprint density at radius 2 is 1.71 bits per heavy atom. The van der Waals surface area contributed by atoms with Gasteiger partial charge in [0.05, 0.1) is 8.95 Å². The predicted octanol–water partition coefficient (Wildman–Crippen LogP) is 4.45. The number of aromatic hydroxyl groups is 1. The SMILES string of the molecule is Oc1c(Br)cc(NC(=S)NCCc2ccccc2)cc1Br. The number of phenolic OH excluding ortho intramolecular Hbond substituents is 1. The molecule has 0 fully saturated rings. The van der Waals surface area contributed by atoms with Gasteiger partial charge in [-0.3, -0.25) is 0 Å². The maximum atomic E-state index is 9.66. The molecule has 2 aromatic carbocycles. The molecule has 0 spiro atoms. The molecular weight excluding hydrogens is 416 g/mol. The number of anilines is 1. The fourth-order valence-electron chi connectivity index (χ4n) is 1.78. The van der Waals surface area contributed by atoms with Crippen molar-refractivity contribution >= 4 is 54.9 Å². The third-order valence-corrected chi connectivity index (χ3v) is 4.27. The van der Waals surface area contributed by atoms with E-state index in [-0.39, 0.29) is 5.75 Å². The largest absolute Gasteiger partial charge is 0.506 e. The van der Waals surface area contributed by atoms with Gasteiger partial charge >= 0.3 is 0 Å². The van der Waals surface area contributed by atoms with Crippen molar-refractivity contribution in [2.75, 3.05) is 11.9 Å². The van der Waals surface area contributed by atoms with Crippen molar-refractivity contribution in [1.82, 2.24) is 5.32 Å². The summed E-state index contributed by atoms with van der Waals surface area (Å²) in [4.78, 5) is 0. The first-order valence-corrected chi connectivity index (χ1v) is 8.32. The molecule has 0 bridgehead atoms. The van der Waals surface area contributed by atoms with E-state index in [0.29, 0.717) is 14.1 Å². The van der Waals surface area contributed by atoms with Gasteiger partial charge in [-0.2, -0.15) is 0 Å². The second-order valence-electron chi connectivity index (χ2n) is 4.40. The van der Waals surface area contributed by atoms with Crippen molar-refractivity contribution in [1.29, 1.82) is 0 Å². The Hall–Kier alpha value is -1.11. The highest BCUT2D eigenvalue weighted by molar-refractivity contribution is 9.11. The first-order chi connectivity index (χ1) is 10.1. The molecule has 0 aromatic heterocycles. The highest BCUT2D eigenvalue weighted by atomic mass is 79.9. The van der Waals surface area contributed by atoms with Gasteiger partial charge in [-0.25, -0.2) is 0 Å². The van der Waals surface area contributed by atoms with Crippen LogP contribution in [0.25, 0.3) is 0 Å². The van der Waals surface area contributed by atoms with Gasteiger partial charge in [0.15, 0.2) is 5.11 Å². The number of halogens is 2. The quantitative estimate of drug-likeness (QED) is 0.496. The maximum Gasteiger partial charge on any atom is 0.170 e. The number of thiocarbonyl (C=S) groups is 1. The monoisotopic (exact) mass is 428 g/mol. The van der Waals surface area contributed by atoms with E-state index < -0.39 is 0 Å². The Morgan fingerprint density at radius 3 is 2.33 bits per heavy atom. The van der Waals surface area contributed by atoms with E-state index in [1.165, 1.54) is 5.56 Å². The van der Waals surface area contributed by atoms with Gasteiger partial charge < -0.3 is 15.7 Å². The first kappa shape index (κ1) is 16.3.